The number of ether oxygens (including phenoxy) is 2. The topological polar surface area (TPSA) is 48.4 Å². The van der Waals surface area contributed by atoms with Crippen molar-refractivity contribution < 1.29 is 18.7 Å². The zero-order valence-corrected chi connectivity index (χ0v) is 15.1. The standard InChI is InChI=1S/C20H20FNO3S/c21-17-9-13(16-10-19(16)25-12-23)7-8-18(17)24-11-14-3-1-6-20(22-14)26-15-4-2-5-15/h1,3,6-9,12,15-16,19H,2,4-5,10-11H2. The van der Waals surface area contributed by atoms with E-state index in [1.807, 2.05) is 36.0 Å². The SMILES string of the molecule is O=COC1CC1c1ccc(OCc2cccc(SC3CCC3)n2)c(F)c1. The van der Waals surface area contributed by atoms with Crippen molar-refractivity contribution in [2.45, 2.75) is 54.6 Å². The highest BCUT2D eigenvalue weighted by Crippen LogP contribution is 2.43. The van der Waals surface area contributed by atoms with E-state index in [1.54, 1.807) is 6.07 Å². The summed E-state index contributed by atoms with van der Waals surface area (Å²) in [7, 11) is 0. The third-order valence-corrected chi connectivity index (χ3v) is 6.12. The molecule has 0 bridgehead atoms. The molecule has 0 saturated heterocycles. The van der Waals surface area contributed by atoms with Gasteiger partial charge in [-0.1, -0.05) is 18.6 Å². The highest BCUT2D eigenvalue weighted by atomic mass is 32.2. The Kier molecular flexibility index (Phi) is 5.11. The Bertz CT molecular complexity index is 796. The Balaban J connectivity index is 1.35. The molecule has 1 aromatic carbocycles. The number of pyridine rings is 1. The van der Waals surface area contributed by atoms with Gasteiger partial charge in [-0.25, -0.2) is 9.37 Å². The van der Waals surface area contributed by atoms with Crippen LogP contribution in [0.4, 0.5) is 4.39 Å². The summed E-state index contributed by atoms with van der Waals surface area (Å²) in [6.45, 7) is 0.679. The largest absolute Gasteiger partial charge is 0.484 e. The van der Waals surface area contributed by atoms with Crippen LogP contribution in [0.3, 0.4) is 0 Å². The van der Waals surface area contributed by atoms with E-state index in [9.17, 15) is 9.18 Å². The molecule has 1 heterocycles. The maximum atomic E-state index is 14.3. The van der Waals surface area contributed by atoms with E-state index >= 15 is 0 Å². The number of carbonyl (C=O) groups excluding carboxylic acids is 1. The van der Waals surface area contributed by atoms with Gasteiger partial charge < -0.3 is 9.47 Å². The van der Waals surface area contributed by atoms with Crippen molar-refractivity contribution in [2.75, 3.05) is 0 Å². The number of nitrogens with zero attached hydrogens (tertiary/aromatic N) is 1. The van der Waals surface area contributed by atoms with Crippen LogP contribution in [0, 0.1) is 5.82 Å². The van der Waals surface area contributed by atoms with E-state index in [0.717, 1.165) is 22.7 Å². The molecule has 2 fully saturated rings. The maximum absolute atomic E-state index is 14.3. The predicted octanol–water partition coefficient (Wildman–Crippen LogP) is 4.47. The lowest BCUT2D eigenvalue weighted by molar-refractivity contribution is -0.129. The normalized spacial score (nSPS) is 21.7. The molecular formula is C20H20FNO3S. The highest BCUT2D eigenvalue weighted by Gasteiger charge is 2.40. The summed E-state index contributed by atoms with van der Waals surface area (Å²) in [5.74, 6) is -0.106. The Morgan fingerprint density at radius 2 is 2.15 bits per heavy atom. The van der Waals surface area contributed by atoms with Gasteiger partial charge >= 0.3 is 0 Å². The van der Waals surface area contributed by atoms with Crippen molar-refractivity contribution in [1.82, 2.24) is 4.98 Å². The molecule has 4 rings (SSSR count). The van der Waals surface area contributed by atoms with Crippen LogP contribution in [0.1, 0.15) is 42.9 Å². The summed E-state index contributed by atoms with van der Waals surface area (Å²) in [6, 6.07) is 10.8. The first-order valence-corrected chi connectivity index (χ1v) is 9.75. The zero-order chi connectivity index (χ0) is 17.9. The van der Waals surface area contributed by atoms with Crippen molar-refractivity contribution in [3.8, 4) is 5.75 Å². The maximum Gasteiger partial charge on any atom is 0.293 e. The molecule has 26 heavy (non-hydrogen) atoms. The van der Waals surface area contributed by atoms with Gasteiger partial charge in [0.1, 0.15) is 12.7 Å². The molecule has 1 aromatic heterocycles. The number of halogens is 1. The summed E-state index contributed by atoms with van der Waals surface area (Å²) in [4.78, 5) is 14.9. The first kappa shape index (κ1) is 17.3. The zero-order valence-electron chi connectivity index (χ0n) is 14.3. The molecule has 2 aromatic rings. The first-order chi connectivity index (χ1) is 12.7. The Hall–Kier alpha value is -2.08. The fraction of sp³-hybridized carbons (Fsp3) is 0.400. The van der Waals surface area contributed by atoms with Crippen LogP contribution >= 0.6 is 11.8 Å². The van der Waals surface area contributed by atoms with Crippen molar-refractivity contribution in [3.05, 3.63) is 53.5 Å². The highest BCUT2D eigenvalue weighted by molar-refractivity contribution is 7.99. The molecule has 2 saturated carbocycles. The molecule has 6 heteroatoms. The van der Waals surface area contributed by atoms with Crippen molar-refractivity contribution in [2.24, 2.45) is 0 Å². The summed E-state index contributed by atoms with van der Waals surface area (Å²) in [5.41, 5.74) is 1.62. The van der Waals surface area contributed by atoms with Gasteiger partial charge in [-0.3, -0.25) is 4.79 Å². The van der Waals surface area contributed by atoms with Crippen molar-refractivity contribution in [3.63, 3.8) is 0 Å². The molecule has 0 aliphatic heterocycles. The van der Waals surface area contributed by atoms with Gasteiger partial charge in [0, 0.05) is 11.2 Å². The van der Waals surface area contributed by atoms with Gasteiger partial charge in [0.25, 0.3) is 6.47 Å². The molecule has 0 spiro atoms. The van der Waals surface area contributed by atoms with Crippen molar-refractivity contribution in [1.29, 1.82) is 0 Å². The van der Waals surface area contributed by atoms with Gasteiger partial charge in [0.2, 0.25) is 0 Å². The molecule has 0 N–H and O–H groups in total. The van der Waals surface area contributed by atoms with Gasteiger partial charge in [-0.15, -0.1) is 11.8 Å². The van der Waals surface area contributed by atoms with E-state index in [1.165, 1.54) is 25.3 Å². The van der Waals surface area contributed by atoms with Gasteiger partial charge in [-0.2, -0.15) is 0 Å². The third kappa shape index (κ3) is 4.01. The van der Waals surface area contributed by atoms with Crippen LogP contribution in [0.2, 0.25) is 0 Å². The lowest BCUT2D eigenvalue weighted by Crippen LogP contribution is -2.13. The Morgan fingerprint density at radius 1 is 1.27 bits per heavy atom. The van der Waals surface area contributed by atoms with Crippen LogP contribution in [0.15, 0.2) is 41.4 Å². The lowest BCUT2D eigenvalue weighted by atomic mass is 10.0. The quantitative estimate of drug-likeness (QED) is 0.639. The average molecular weight is 373 g/mol. The number of aromatic nitrogens is 1. The molecular weight excluding hydrogens is 353 g/mol. The summed E-state index contributed by atoms with van der Waals surface area (Å²) < 4.78 is 24.8. The average Bonchev–Trinajstić information content (AvgIpc) is 3.37. The minimum Gasteiger partial charge on any atom is -0.484 e. The number of benzene rings is 1. The summed E-state index contributed by atoms with van der Waals surface area (Å²) in [6.07, 6.45) is 4.43. The number of rotatable bonds is 8. The first-order valence-electron chi connectivity index (χ1n) is 8.87. The summed E-state index contributed by atoms with van der Waals surface area (Å²) in [5, 5.41) is 1.68. The predicted molar refractivity (Wildman–Crippen MR) is 96.8 cm³/mol. The smallest absolute Gasteiger partial charge is 0.293 e. The minimum absolute atomic E-state index is 0.0885. The lowest BCUT2D eigenvalue weighted by Gasteiger charge is -2.24. The molecule has 2 aliphatic carbocycles. The molecule has 136 valence electrons. The van der Waals surface area contributed by atoms with Crippen LogP contribution in [0.5, 0.6) is 5.75 Å². The molecule has 2 atom stereocenters. The minimum atomic E-state index is -0.403. The van der Waals surface area contributed by atoms with E-state index in [0.29, 0.717) is 11.7 Å². The number of hydrogen-bond acceptors (Lipinski definition) is 5. The number of hydrogen-bond donors (Lipinski definition) is 0. The molecule has 2 unspecified atom stereocenters. The molecule has 2 aliphatic rings. The second-order valence-electron chi connectivity index (χ2n) is 6.73. The second kappa shape index (κ2) is 7.66. The molecule has 0 radical (unpaired) electrons. The number of thioether (sulfide) groups is 1. The fourth-order valence-electron chi connectivity index (χ4n) is 3.02. The van der Waals surface area contributed by atoms with Crippen LogP contribution < -0.4 is 4.74 Å². The monoisotopic (exact) mass is 373 g/mol. The van der Waals surface area contributed by atoms with Gasteiger partial charge in [-0.05, 0) is 49.1 Å². The Morgan fingerprint density at radius 3 is 2.88 bits per heavy atom. The fourth-order valence-corrected chi connectivity index (χ4v) is 4.26. The van der Waals surface area contributed by atoms with Gasteiger partial charge in [0.05, 0.1) is 10.7 Å². The number of carbonyl (C=O) groups is 1. The van der Waals surface area contributed by atoms with E-state index in [4.69, 9.17) is 9.47 Å². The van der Waals surface area contributed by atoms with Gasteiger partial charge in [0.15, 0.2) is 11.6 Å². The van der Waals surface area contributed by atoms with E-state index < -0.39 is 5.82 Å². The molecule has 4 nitrogen and oxygen atoms in total. The molecule has 0 amide bonds. The van der Waals surface area contributed by atoms with E-state index in [2.05, 4.69) is 4.98 Å². The van der Waals surface area contributed by atoms with Crippen LogP contribution in [-0.4, -0.2) is 22.8 Å². The van der Waals surface area contributed by atoms with Crippen molar-refractivity contribution >= 4 is 18.2 Å². The Labute approximate surface area is 156 Å². The third-order valence-electron chi connectivity index (χ3n) is 4.84. The van der Waals surface area contributed by atoms with E-state index in [-0.39, 0.29) is 24.4 Å². The van der Waals surface area contributed by atoms with Crippen LogP contribution in [0.25, 0.3) is 0 Å². The second-order valence-corrected chi connectivity index (χ2v) is 8.05. The van der Waals surface area contributed by atoms with Crippen LogP contribution in [-0.2, 0) is 16.1 Å². The summed E-state index contributed by atoms with van der Waals surface area (Å²) >= 11 is 1.81.